The molecular formula is C15H16N2O3S. The Labute approximate surface area is 127 Å². The van der Waals surface area contributed by atoms with Crippen LogP contribution in [0.25, 0.3) is 0 Å². The number of aryl methyl sites for hydroxylation is 1. The van der Waals surface area contributed by atoms with Crippen LogP contribution >= 0.6 is 11.3 Å². The molecule has 0 bridgehead atoms. The number of methoxy groups -OCH3 is 2. The number of hydrazone groups is 1. The fraction of sp³-hybridized carbons (Fsp3) is 0.200. The molecule has 21 heavy (non-hydrogen) atoms. The second-order valence-electron chi connectivity index (χ2n) is 4.24. The molecule has 2 aromatic rings. The zero-order valence-corrected chi connectivity index (χ0v) is 12.9. The molecule has 1 aromatic heterocycles. The lowest BCUT2D eigenvalue weighted by Crippen LogP contribution is -2.17. The normalized spacial score (nSPS) is 10.6. The maximum Gasteiger partial charge on any atom is 0.271 e. The van der Waals surface area contributed by atoms with Gasteiger partial charge in [-0.3, -0.25) is 4.79 Å². The summed E-state index contributed by atoms with van der Waals surface area (Å²) < 4.78 is 10.3. The lowest BCUT2D eigenvalue weighted by molar-refractivity contribution is 0.0954. The number of hydrogen-bond acceptors (Lipinski definition) is 5. The maximum atomic E-state index is 12.0. The van der Waals surface area contributed by atoms with Gasteiger partial charge in [-0.05, 0) is 42.1 Å². The molecule has 2 rings (SSSR count). The number of rotatable bonds is 5. The van der Waals surface area contributed by atoms with E-state index in [2.05, 4.69) is 10.5 Å². The first kappa shape index (κ1) is 15.1. The number of benzene rings is 1. The van der Waals surface area contributed by atoms with E-state index >= 15 is 0 Å². The van der Waals surface area contributed by atoms with E-state index in [0.29, 0.717) is 17.1 Å². The Kier molecular flexibility index (Phi) is 4.94. The van der Waals surface area contributed by atoms with E-state index in [4.69, 9.17) is 9.47 Å². The minimum Gasteiger partial charge on any atom is -0.493 e. The highest BCUT2D eigenvalue weighted by molar-refractivity contribution is 7.11. The van der Waals surface area contributed by atoms with Gasteiger partial charge >= 0.3 is 0 Å². The highest BCUT2D eigenvalue weighted by Crippen LogP contribution is 2.27. The molecule has 0 saturated carbocycles. The number of carbonyl (C=O) groups is 1. The largest absolute Gasteiger partial charge is 0.493 e. The first-order valence-corrected chi connectivity index (χ1v) is 7.13. The van der Waals surface area contributed by atoms with Crippen LogP contribution in [0.2, 0.25) is 0 Å². The topological polar surface area (TPSA) is 59.9 Å². The van der Waals surface area contributed by atoms with Crippen molar-refractivity contribution in [1.82, 2.24) is 5.43 Å². The van der Waals surface area contributed by atoms with Crippen LogP contribution < -0.4 is 14.9 Å². The SMILES string of the molecule is COc1ccc(C(=O)N/N=C/c2sccc2C)cc1OC. The van der Waals surface area contributed by atoms with Crippen molar-refractivity contribution in [2.24, 2.45) is 5.10 Å². The number of hydrogen-bond donors (Lipinski definition) is 1. The average Bonchev–Trinajstić information content (AvgIpc) is 2.91. The van der Waals surface area contributed by atoms with Gasteiger partial charge in [0, 0.05) is 10.4 Å². The van der Waals surface area contributed by atoms with Gasteiger partial charge < -0.3 is 9.47 Å². The molecular weight excluding hydrogens is 288 g/mol. The maximum absolute atomic E-state index is 12.0. The molecule has 0 aliphatic heterocycles. The summed E-state index contributed by atoms with van der Waals surface area (Å²) in [6, 6.07) is 6.95. The molecule has 0 aliphatic carbocycles. The molecule has 0 saturated heterocycles. The second kappa shape index (κ2) is 6.90. The van der Waals surface area contributed by atoms with Gasteiger partial charge in [-0.25, -0.2) is 5.43 Å². The van der Waals surface area contributed by atoms with Crippen LogP contribution in [0.3, 0.4) is 0 Å². The van der Waals surface area contributed by atoms with Crippen molar-refractivity contribution in [1.29, 1.82) is 0 Å². The van der Waals surface area contributed by atoms with Gasteiger partial charge in [0.15, 0.2) is 11.5 Å². The Morgan fingerprint density at radius 1 is 1.24 bits per heavy atom. The van der Waals surface area contributed by atoms with Gasteiger partial charge in [-0.1, -0.05) is 0 Å². The smallest absolute Gasteiger partial charge is 0.271 e. The van der Waals surface area contributed by atoms with Gasteiger partial charge in [-0.2, -0.15) is 5.10 Å². The second-order valence-corrected chi connectivity index (χ2v) is 5.18. The van der Waals surface area contributed by atoms with E-state index in [1.165, 1.54) is 7.11 Å². The number of ether oxygens (including phenoxy) is 2. The quantitative estimate of drug-likeness (QED) is 0.682. The minimum absolute atomic E-state index is 0.304. The Morgan fingerprint density at radius 3 is 2.62 bits per heavy atom. The van der Waals surface area contributed by atoms with Crippen LogP contribution in [-0.4, -0.2) is 26.3 Å². The van der Waals surface area contributed by atoms with Crippen LogP contribution in [0.15, 0.2) is 34.7 Å². The van der Waals surface area contributed by atoms with E-state index in [1.54, 1.807) is 42.9 Å². The summed E-state index contributed by atoms with van der Waals surface area (Å²) in [6.07, 6.45) is 1.64. The van der Waals surface area contributed by atoms with Gasteiger partial charge in [0.1, 0.15) is 0 Å². The Morgan fingerprint density at radius 2 is 2.00 bits per heavy atom. The monoisotopic (exact) mass is 304 g/mol. The molecule has 1 amide bonds. The highest BCUT2D eigenvalue weighted by Gasteiger charge is 2.09. The van der Waals surface area contributed by atoms with Crippen molar-refractivity contribution < 1.29 is 14.3 Å². The van der Waals surface area contributed by atoms with Crippen LogP contribution in [0.1, 0.15) is 20.8 Å². The molecule has 0 aliphatic rings. The molecule has 1 N–H and O–H groups in total. The number of nitrogens with one attached hydrogen (secondary N) is 1. The number of thiophene rings is 1. The van der Waals surface area contributed by atoms with Crippen molar-refractivity contribution in [3.8, 4) is 11.5 Å². The van der Waals surface area contributed by atoms with E-state index < -0.39 is 0 Å². The number of amides is 1. The highest BCUT2D eigenvalue weighted by atomic mass is 32.1. The Hall–Kier alpha value is -2.34. The molecule has 1 heterocycles. The van der Waals surface area contributed by atoms with Crippen LogP contribution in [-0.2, 0) is 0 Å². The molecule has 0 unspecified atom stereocenters. The average molecular weight is 304 g/mol. The fourth-order valence-corrected chi connectivity index (χ4v) is 2.49. The predicted octanol–water partition coefficient (Wildman–Crippen LogP) is 2.84. The third-order valence-electron chi connectivity index (χ3n) is 2.90. The molecule has 6 heteroatoms. The summed E-state index contributed by atoms with van der Waals surface area (Å²) in [6.45, 7) is 1.99. The zero-order chi connectivity index (χ0) is 15.2. The van der Waals surface area contributed by atoms with Gasteiger partial charge in [0.2, 0.25) is 0 Å². The summed E-state index contributed by atoms with van der Waals surface area (Å²) in [4.78, 5) is 13.0. The number of carbonyl (C=O) groups excluding carboxylic acids is 1. The van der Waals surface area contributed by atoms with Crippen molar-refractivity contribution in [2.45, 2.75) is 6.92 Å². The molecule has 0 atom stereocenters. The lowest BCUT2D eigenvalue weighted by Gasteiger charge is -2.08. The number of nitrogens with zero attached hydrogens (tertiary/aromatic N) is 1. The first-order valence-electron chi connectivity index (χ1n) is 6.25. The van der Waals surface area contributed by atoms with Crippen LogP contribution in [0, 0.1) is 6.92 Å². The molecule has 0 radical (unpaired) electrons. The molecule has 0 spiro atoms. The minimum atomic E-state index is -0.304. The molecule has 1 aromatic carbocycles. The lowest BCUT2D eigenvalue weighted by atomic mass is 10.2. The van der Waals surface area contributed by atoms with E-state index in [-0.39, 0.29) is 5.91 Å². The van der Waals surface area contributed by atoms with E-state index in [0.717, 1.165) is 10.4 Å². The van der Waals surface area contributed by atoms with E-state index in [9.17, 15) is 4.79 Å². The summed E-state index contributed by atoms with van der Waals surface area (Å²) >= 11 is 1.57. The Balaban J connectivity index is 2.07. The zero-order valence-electron chi connectivity index (χ0n) is 12.0. The predicted molar refractivity (Wildman–Crippen MR) is 83.7 cm³/mol. The molecule has 0 fully saturated rings. The third-order valence-corrected chi connectivity index (χ3v) is 3.85. The van der Waals surface area contributed by atoms with E-state index in [1.807, 2.05) is 18.4 Å². The fourth-order valence-electron chi connectivity index (χ4n) is 1.71. The van der Waals surface area contributed by atoms with Crippen molar-refractivity contribution in [2.75, 3.05) is 14.2 Å². The molecule has 5 nitrogen and oxygen atoms in total. The van der Waals surface area contributed by atoms with Crippen LogP contribution in [0.4, 0.5) is 0 Å². The van der Waals surface area contributed by atoms with Crippen LogP contribution in [0.5, 0.6) is 11.5 Å². The van der Waals surface area contributed by atoms with Crippen molar-refractivity contribution in [3.05, 3.63) is 45.6 Å². The summed E-state index contributed by atoms with van der Waals surface area (Å²) in [5.41, 5.74) is 4.07. The summed E-state index contributed by atoms with van der Waals surface area (Å²) in [5.74, 6) is 0.774. The van der Waals surface area contributed by atoms with Gasteiger partial charge in [-0.15, -0.1) is 11.3 Å². The van der Waals surface area contributed by atoms with Gasteiger partial charge in [0.05, 0.1) is 20.4 Å². The standard InChI is InChI=1S/C15H16N2O3S/c1-10-6-7-21-14(10)9-16-17-15(18)11-4-5-12(19-2)13(8-11)20-3/h4-9H,1-3H3,(H,17,18)/b16-9+. The Bertz CT molecular complexity index is 665. The summed E-state index contributed by atoms with van der Waals surface area (Å²) in [7, 11) is 3.07. The van der Waals surface area contributed by atoms with Crippen molar-refractivity contribution >= 4 is 23.5 Å². The molecule has 110 valence electrons. The van der Waals surface area contributed by atoms with Crippen molar-refractivity contribution in [3.63, 3.8) is 0 Å². The first-order chi connectivity index (χ1) is 10.2. The summed E-state index contributed by atoms with van der Waals surface area (Å²) in [5, 5.41) is 5.94. The third kappa shape index (κ3) is 3.61. The van der Waals surface area contributed by atoms with Gasteiger partial charge in [0.25, 0.3) is 5.91 Å².